The molecule has 0 radical (unpaired) electrons. The SMILES string of the molecule is O=c1cccc(-c2cnccc2F)cc1O. The van der Waals surface area contributed by atoms with E-state index < -0.39 is 17.0 Å². The largest absolute Gasteiger partial charge is 0.504 e. The highest BCUT2D eigenvalue weighted by Gasteiger charge is 2.05. The maximum Gasteiger partial charge on any atom is 0.220 e. The molecule has 16 heavy (non-hydrogen) atoms. The molecule has 0 fully saturated rings. The number of nitrogens with zero attached hydrogens (tertiary/aromatic N) is 1. The molecule has 0 aliphatic carbocycles. The molecule has 4 heteroatoms. The standard InChI is InChI=1S/C12H8FNO2/c13-10-4-5-14-7-9(10)8-2-1-3-11(15)12(16)6-8/h1-7H,(H,15,16). The van der Waals surface area contributed by atoms with Gasteiger partial charge in [-0.1, -0.05) is 12.1 Å². The van der Waals surface area contributed by atoms with E-state index in [-0.39, 0.29) is 5.56 Å². The summed E-state index contributed by atoms with van der Waals surface area (Å²) in [5.41, 5.74) is 0.147. The molecule has 0 aliphatic heterocycles. The number of hydrogen-bond acceptors (Lipinski definition) is 3. The van der Waals surface area contributed by atoms with Crippen LogP contribution < -0.4 is 5.43 Å². The summed E-state index contributed by atoms with van der Waals surface area (Å²) in [4.78, 5) is 14.9. The van der Waals surface area contributed by atoms with Gasteiger partial charge in [-0.15, -0.1) is 0 Å². The number of pyridine rings is 1. The minimum Gasteiger partial charge on any atom is -0.504 e. The lowest BCUT2D eigenvalue weighted by molar-refractivity contribution is 0.471. The van der Waals surface area contributed by atoms with Crippen molar-refractivity contribution in [3.63, 3.8) is 0 Å². The van der Waals surface area contributed by atoms with Gasteiger partial charge in [0.25, 0.3) is 0 Å². The highest BCUT2D eigenvalue weighted by atomic mass is 19.1. The van der Waals surface area contributed by atoms with Gasteiger partial charge in [-0.25, -0.2) is 4.39 Å². The smallest absolute Gasteiger partial charge is 0.220 e. The molecule has 0 unspecified atom stereocenters. The maximum absolute atomic E-state index is 13.4. The molecule has 1 aromatic heterocycles. The third-order valence-electron chi connectivity index (χ3n) is 2.15. The lowest BCUT2D eigenvalue weighted by Gasteiger charge is -1.99. The average molecular weight is 217 g/mol. The van der Waals surface area contributed by atoms with Gasteiger partial charge in [-0.2, -0.15) is 0 Å². The summed E-state index contributed by atoms with van der Waals surface area (Å²) in [5, 5.41) is 9.36. The van der Waals surface area contributed by atoms with Crippen LogP contribution in [0.5, 0.6) is 5.75 Å². The Balaban J connectivity index is 2.67. The molecule has 0 atom stereocenters. The molecule has 0 aliphatic rings. The highest BCUT2D eigenvalue weighted by Crippen LogP contribution is 2.22. The summed E-state index contributed by atoms with van der Waals surface area (Å²) >= 11 is 0. The van der Waals surface area contributed by atoms with Crippen LogP contribution in [0.25, 0.3) is 11.1 Å². The van der Waals surface area contributed by atoms with Crippen LogP contribution in [0.2, 0.25) is 0 Å². The normalized spacial score (nSPS) is 10.1. The van der Waals surface area contributed by atoms with Crippen molar-refractivity contribution < 1.29 is 9.50 Å². The van der Waals surface area contributed by atoms with Gasteiger partial charge in [0.15, 0.2) is 5.75 Å². The van der Waals surface area contributed by atoms with Gasteiger partial charge in [0, 0.05) is 18.0 Å². The fourth-order valence-electron chi connectivity index (χ4n) is 1.35. The molecule has 80 valence electrons. The molecule has 1 heterocycles. The topological polar surface area (TPSA) is 50.2 Å². The predicted molar refractivity (Wildman–Crippen MR) is 57.6 cm³/mol. The van der Waals surface area contributed by atoms with Gasteiger partial charge in [-0.05, 0) is 23.8 Å². The van der Waals surface area contributed by atoms with Crippen molar-refractivity contribution in [2.75, 3.05) is 0 Å². The summed E-state index contributed by atoms with van der Waals surface area (Å²) < 4.78 is 13.4. The van der Waals surface area contributed by atoms with Crippen molar-refractivity contribution >= 4 is 0 Å². The van der Waals surface area contributed by atoms with Crippen LogP contribution in [0.15, 0.2) is 47.5 Å². The Morgan fingerprint density at radius 3 is 2.81 bits per heavy atom. The van der Waals surface area contributed by atoms with Crippen molar-refractivity contribution in [3.05, 3.63) is 58.8 Å². The lowest BCUT2D eigenvalue weighted by Crippen LogP contribution is -1.91. The molecule has 0 amide bonds. The molecule has 0 saturated heterocycles. The molecule has 3 nitrogen and oxygen atoms in total. The molecule has 1 N–H and O–H groups in total. The van der Waals surface area contributed by atoms with Crippen LogP contribution in [0.4, 0.5) is 4.39 Å². The van der Waals surface area contributed by atoms with E-state index >= 15 is 0 Å². The van der Waals surface area contributed by atoms with E-state index in [2.05, 4.69) is 4.98 Å². The first-order valence-corrected chi connectivity index (χ1v) is 4.62. The highest BCUT2D eigenvalue weighted by molar-refractivity contribution is 5.63. The number of aromatic hydroxyl groups is 1. The third kappa shape index (κ3) is 1.91. The molecular weight excluding hydrogens is 209 g/mol. The van der Waals surface area contributed by atoms with Gasteiger partial charge < -0.3 is 5.11 Å². The zero-order valence-corrected chi connectivity index (χ0v) is 8.22. The Morgan fingerprint density at radius 2 is 2.06 bits per heavy atom. The molecule has 1 aromatic carbocycles. The first-order valence-electron chi connectivity index (χ1n) is 4.62. The van der Waals surface area contributed by atoms with Crippen molar-refractivity contribution in [1.82, 2.24) is 4.98 Å². The summed E-state index contributed by atoms with van der Waals surface area (Å²) in [6, 6.07) is 6.66. The van der Waals surface area contributed by atoms with Crippen LogP contribution in [-0.2, 0) is 0 Å². The second-order valence-corrected chi connectivity index (χ2v) is 3.23. The van der Waals surface area contributed by atoms with Crippen LogP contribution in [0.1, 0.15) is 0 Å². The maximum atomic E-state index is 13.4. The summed E-state index contributed by atoms with van der Waals surface area (Å²) in [6.45, 7) is 0. The Labute approximate surface area is 90.8 Å². The minimum atomic E-state index is -0.504. The zero-order chi connectivity index (χ0) is 11.5. The van der Waals surface area contributed by atoms with E-state index in [0.717, 1.165) is 0 Å². The Morgan fingerprint density at radius 1 is 1.25 bits per heavy atom. The van der Waals surface area contributed by atoms with E-state index in [0.29, 0.717) is 5.56 Å². The number of aromatic nitrogens is 1. The molecular formula is C12H8FNO2. The monoisotopic (exact) mass is 217 g/mol. The van der Waals surface area contributed by atoms with Crippen molar-refractivity contribution in [2.45, 2.75) is 0 Å². The van der Waals surface area contributed by atoms with Gasteiger partial charge >= 0.3 is 0 Å². The van der Waals surface area contributed by atoms with E-state index in [4.69, 9.17) is 0 Å². The van der Waals surface area contributed by atoms with E-state index in [1.54, 1.807) is 6.07 Å². The first-order chi connectivity index (χ1) is 7.68. The zero-order valence-electron chi connectivity index (χ0n) is 8.22. The van der Waals surface area contributed by atoms with Crippen LogP contribution >= 0.6 is 0 Å². The van der Waals surface area contributed by atoms with Gasteiger partial charge in [0.05, 0.1) is 0 Å². The van der Waals surface area contributed by atoms with Gasteiger partial charge in [-0.3, -0.25) is 9.78 Å². The molecule has 0 bridgehead atoms. The molecule has 0 saturated carbocycles. The second kappa shape index (κ2) is 4.10. The van der Waals surface area contributed by atoms with Crippen LogP contribution in [-0.4, -0.2) is 10.1 Å². The quantitative estimate of drug-likeness (QED) is 0.794. The van der Waals surface area contributed by atoms with Crippen molar-refractivity contribution in [2.24, 2.45) is 0 Å². The molecule has 2 aromatic rings. The lowest BCUT2D eigenvalue weighted by atomic mass is 10.1. The van der Waals surface area contributed by atoms with Crippen molar-refractivity contribution in [3.8, 4) is 16.9 Å². The number of rotatable bonds is 1. The summed E-state index contributed by atoms with van der Waals surface area (Å²) in [5.74, 6) is -0.865. The van der Waals surface area contributed by atoms with E-state index in [1.165, 1.54) is 36.7 Å². The fraction of sp³-hybridized carbons (Fsp3) is 0. The van der Waals surface area contributed by atoms with Crippen molar-refractivity contribution in [1.29, 1.82) is 0 Å². The number of hydrogen-bond donors (Lipinski definition) is 1. The minimum absolute atomic E-state index is 0.244. The number of halogens is 1. The first kappa shape index (κ1) is 10.3. The summed E-state index contributed by atoms with van der Waals surface area (Å²) in [6.07, 6.45) is 2.68. The Bertz CT molecular complexity index is 584. The fourth-order valence-corrected chi connectivity index (χ4v) is 1.35. The van der Waals surface area contributed by atoms with Gasteiger partial charge in [0.2, 0.25) is 5.43 Å². The predicted octanol–water partition coefficient (Wildman–Crippen LogP) is 1.95. The summed E-state index contributed by atoms with van der Waals surface area (Å²) in [7, 11) is 0. The Hall–Kier alpha value is -2.23. The van der Waals surface area contributed by atoms with Crippen LogP contribution in [0, 0.1) is 5.82 Å². The van der Waals surface area contributed by atoms with E-state index in [9.17, 15) is 14.3 Å². The molecule has 2 rings (SSSR count). The van der Waals surface area contributed by atoms with Crippen LogP contribution in [0.3, 0.4) is 0 Å². The third-order valence-corrected chi connectivity index (χ3v) is 2.15. The second-order valence-electron chi connectivity index (χ2n) is 3.23. The Kier molecular flexibility index (Phi) is 2.64. The average Bonchev–Trinajstić information content (AvgIpc) is 2.43. The molecule has 0 spiro atoms. The van der Waals surface area contributed by atoms with E-state index in [1.807, 2.05) is 0 Å². The van der Waals surface area contributed by atoms with Gasteiger partial charge in [0.1, 0.15) is 5.82 Å².